The van der Waals surface area contributed by atoms with Gasteiger partial charge in [-0.1, -0.05) is 188 Å². The first-order valence-electron chi connectivity index (χ1n) is 22.7. The fraction of sp³-hybridized carbons (Fsp3) is 0. The summed E-state index contributed by atoms with van der Waals surface area (Å²) < 4.78 is 6.27. The number of fused-ring (bicyclic) bond motifs is 10. The lowest BCUT2D eigenvalue weighted by atomic mass is 9.92. The summed E-state index contributed by atoms with van der Waals surface area (Å²) in [5.41, 5.74) is 14.5. The zero-order valence-electron chi connectivity index (χ0n) is 36.0. The van der Waals surface area contributed by atoms with Gasteiger partial charge in [0.2, 0.25) is 0 Å². The van der Waals surface area contributed by atoms with Crippen LogP contribution in [0.15, 0.2) is 253 Å². The van der Waals surface area contributed by atoms with Gasteiger partial charge < -0.3 is 9.32 Å². The van der Waals surface area contributed by atoms with Crippen LogP contribution >= 0.6 is 0 Å². The average molecular weight is 840 g/mol. The molecule has 2 nitrogen and oxygen atoms in total. The molecular formula is C64H41NO. The number of para-hydroxylation sites is 1. The highest BCUT2D eigenvalue weighted by molar-refractivity contribution is 6.25. The molecule has 0 aliphatic carbocycles. The average Bonchev–Trinajstić information content (AvgIpc) is 3.78. The SMILES string of the molecule is c1cc(-c2ccc(N(c3ccc(-c4ccc5c6ccccc6c6ccccc6c5c4)cc3)c3ccc(-c4cccc5oc6ccccc6c45)cc3)cc2)cc(-c2cccc3ccccc23)c1. The molecule has 0 saturated heterocycles. The van der Waals surface area contributed by atoms with Gasteiger partial charge in [-0.3, -0.25) is 0 Å². The van der Waals surface area contributed by atoms with Crippen molar-refractivity contribution >= 4 is 82.1 Å². The Bertz CT molecular complexity index is 3930. The minimum atomic E-state index is 0.898. The van der Waals surface area contributed by atoms with Gasteiger partial charge in [0.15, 0.2) is 0 Å². The molecule has 12 aromatic carbocycles. The highest BCUT2D eigenvalue weighted by atomic mass is 16.3. The lowest BCUT2D eigenvalue weighted by Gasteiger charge is -2.26. The summed E-state index contributed by atoms with van der Waals surface area (Å²) in [4.78, 5) is 2.36. The van der Waals surface area contributed by atoms with Crippen LogP contribution < -0.4 is 4.90 Å². The van der Waals surface area contributed by atoms with Crippen molar-refractivity contribution in [2.75, 3.05) is 4.90 Å². The summed E-state index contributed by atoms with van der Waals surface area (Å²) in [7, 11) is 0. The van der Waals surface area contributed by atoms with E-state index in [9.17, 15) is 0 Å². The minimum Gasteiger partial charge on any atom is -0.456 e. The van der Waals surface area contributed by atoms with E-state index in [4.69, 9.17) is 4.42 Å². The molecule has 308 valence electrons. The first-order valence-corrected chi connectivity index (χ1v) is 22.7. The summed E-state index contributed by atoms with van der Waals surface area (Å²) in [5.74, 6) is 0. The van der Waals surface area contributed by atoms with Crippen LogP contribution in [0.1, 0.15) is 0 Å². The summed E-state index contributed by atoms with van der Waals surface area (Å²) >= 11 is 0. The Labute approximate surface area is 382 Å². The first-order chi connectivity index (χ1) is 32.7. The summed E-state index contributed by atoms with van der Waals surface area (Å²) in [5, 5.41) is 12.5. The van der Waals surface area contributed by atoms with E-state index in [0.717, 1.165) is 50.1 Å². The standard InChI is InChI=1S/C64H41NO/c1-2-16-52-44(12-1)13-10-22-53(52)48-15-9-14-46(40-48)42-26-33-49(34-27-42)65(51-37-30-45(31-38-51)54-23-11-25-63-64(54)60-21-7-8-24-62(60)66-63)50-35-28-43(29-36-50)47-32-39-59-57-19-4-3-17-55(57)56-18-5-6-20-58(56)61(59)41-47/h1-41H. The van der Waals surface area contributed by atoms with Crippen molar-refractivity contribution in [3.05, 3.63) is 249 Å². The zero-order chi connectivity index (χ0) is 43.6. The maximum Gasteiger partial charge on any atom is 0.136 e. The second-order valence-corrected chi connectivity index (χ2v) is 17.2. The van der Waals surface area contributed by atoms with Gasteiger partial charge in [0, 0.05) is 27.8 Å². The first kappa shape index (κ1) is 37.8. The fourth-order valence-corrected chi connectivity index (χ4v) is 10.3. The number of hydrogen-bond donors (Lipinski definition) is 0. The van der Waals surface area contributed by atoms with Crippen molar-refractivity contribution in [3.63, 3.8) is 0 Å². The number of furan rings is 1. The van der Waals surface area contributed by atoms with Gasteiger partial charge in [-0.05, 0) is 148 Å². The molecule has 0 aliphatic rings. The van der Waals surface area contributed by atoms with Crippen LogP contribution in [0.25, 0.3) is 110 Å². The summed E-state index contributed by atoms with van der Waals surface area (Å²) in [6.45, 7) is 0. The van der Waals surface area contributed by atoms with Gasteiger partial charge in [0.1, 0.15) is 11.2 Å². The molecule has 13 aromatic rings. The predicted octanol–water partition coefficient (Wildman–Crippen LogP) is 18.3. The van der Waals surface area contributed by atoms with Crippen LogP contribution in [0.4, 0.5) is 17.1 Å². The zero-order valence-corrected chi connectivity index (χ0v) is 36.0. The third kappa shape index (κ3) is 6.34. The molecule has 0 N–H and O–H groups in total. The predicted molar refractivity (Wildman–Crippen MR) is 280 cm³/mol. The molecule has 13 rings (SSSR count). The molecular weight excluding hydrogens is 799 g/mol. The van der Waals surface area contributed by atoms with Crippen LogP contribution in [-0.2, 0) is 0 Å². The van der Waals surface area contributed by atoms with E-state index in [2.05, 4.69) is 241 Å². The largest absolute Gasteiger partial charge is 0.456 e. The normalized spacial score (nSPS) is 11.6. The number of anilines is 3. The molecule has 2 heteroatoms. The van der Waals surface area contributed by atoms with Crippen LogP contribution in [0.5, 0.6) is 0 Å². The summed E-state index contributed by atoms with van der Waals surface area (Å²) in [6.07, 6.45) is 0. The molecule has 0 spiro atoms. The Balaban J connectivity index is 0.893. The fourth-order valence-electron chi connectivity index (χ4n) is 10.3. The van der Waals surface area contributed by atoms with E-state index >= 15 is 0 Å². The maximum absolute atomic E-state index is 6.27. The molecule has 1 heterocycles. The lowest BCUT2D eigenvalue weighted by Crippen LogP contribution is -2.09. The quantitative estimate of drug-likeness (QED) is 0.149. The molecule has 0 radical (unpaired) electrons. The van der Waals surface area contributed by atoms with Crippen molar-refractivity contribution in [1.29, 1.82) is 0 Å². The second-order valence-electron chi connectivity index (χ2n) is 17.2. The summed E-state index contributed by atoms with van der Waals surface area (Å²) in [6, 6.07) is 90.2. The van der Waals surface area contributed by atoms with Crippen molar-refractivity contribution in [2.24, 2.45) is 0 Å². The lowest BCUT2D eigenvalue weighted by molar-refractivity contribution is 0.669. The molecule has 1 aromatic heterocycles. The molecule has 0 atom stereocenters. The molecule has 66 heavy (non-hydrogen) atoms. The Kier molecular flexibility index (Phi) is 8.89. The van der Waals surface area contributed by atoms with E-state index in [1.54, 1.807) is 0 Å². The van der Waals surface area contributed by atoms with Crippen LogP contribution in [0, 0.1) is 0 Å². The van der Waals surface area contributed by atoms with Gasteiger partial charge in [-0.2, -0.15) is 0 Å². The van der Waals surface area contributed by atoms with E-state index in [-0.39, 0.29) is 0 Å². The minimum absolute atomic E-state index is 0.898. The maximum atomic E-state index is 6.27. The van der Waals surface area contributed by atoms with E-state index < -0.39 is 0 Å². The molecule has 0 fully saturated rings. The third-order valence-electron chi connectivity index (χ3n) is 13.5. The van der Waals surface area contributed by atoms with Crippen molar-refractivity contribution in [3.8, 4) is 44.5 Å². The monoisotopic (exact) mass is 839 g/mol. The Hall–Kier alpha value is -8.72. The molecule has 0 bridgehead atoms. The number of benzene rings is 12. The van der Waals surface area contributed by atoms with E-state index in [1.165, 1.54) is 76.5 Å². The van der Waals surface area contributed by atoms with Gasteiger partial charge in [0.05, 0.1) is 0 Å². The van der Waals surface area contributed by atoms with Crippen LogP contribution in [0.2, 0.25) is 0 Å². The highest BCUT2D eigenvalue weighted by Crippen LogP contribution is 2.42. The van der Waals surface area contributed by atoms with E-state index in [0.29, 0.717) is 0 Å². The highest BCUT2D eigenvalue weighted by Gasteiger charge is 2.17. The van der Waals surface area contributed by atoms with Crippen LogP contribution in [0.3, 0.4) is 0 Å². The number of nitrogens with zero attached hydrogens (tertiary/aromatic N) is 1. The van der Waals surface area contributed by atoms with Crippen molar-refractivity contribution in [1.82, 2.24) is 0 Å². The number of rotatable bonds is 7. The molecule has 0 unspecified atom stereocenters. The van der Waals surface area contributed by atoms with Crippen molar-refractivity contribution in [2.45, 2.75) is 0 Å². The Morgan fingerprint density at radius 1 is 0.242 bits per heavy atom. The van der Waals surface area contributed by atoms with Crippen LogP contribution in [-0.4, -0.2) is 0 Å². The Morgan fingerprint density at radius 2 is 0.682 bits per heavy atom. The number of hydrogen-bond acceptors (Lipinski definition) is 2. The van der Waals surface area contributed by atoms with Crippen molar-refractivity contribution < 1.29 is 4.42 Å². The smallest absolute Gasteiger partial charge is 0.136 e. The van der Waals surface area contributed by atoms with Gasteiger partial charge in [-0.15, -0.1) is 0 Å². The second kappa shape index (κ2) is 15.5. The Morgan fingerprint density at radius 3 is 1.35 bits per heavy atom. The third-order valence-corrected chi connectivity index (χ3v) is 13.5. The van der Waals surface area contributed by atoms with E-state index in [1.807, 2.05) is 12.1 Å². The topological polar surface area (TPSA) is 16.4 Å². The van der Waals surface area contributed by atoms with Gasteiger partial charge >= 0.3 is 0 Å². The molecule has 0 amide bonds. The molecule has 0 saturated carbocycles. The van der Waals surface area contributed by atoms with Gasteiger partial charge in [-0.25, -0.2) is 0 Å². The molecule has 0 aliphatic heterocycles. The van der Waals surface area contributed by atoms with Gasteiger partial charge in [0.25, 0.3) is 0 Å².